The lowest BCUT2D eigenvalue weighted by atomic mass is 10.2. The van der Waals surface area contributed by atoms with Gasteiger partial charge in [-0.25, -0.2) is 0 Å². The Bertz CT molecular complexity index is 385. The molecule has 0 radical (unpaired) electrons. The van der Waals surface area contributed by atoms with Gasteiger partial charge in [0.15, 0.2) is 6.61 Å². The Morgan fingerprint density at radius 3 is 3.07 bits per heavy atom. The SMILES string of the molecule is N#CCOc1ccc(Br)cc1/C=N/O. The van der Waals surface area contributed by atoms with E-state index in [1.807, 2.05) is 6.07 Å². The van der Waals surface area contributed by atoms with Gasteiger partial charge in [0.25, 0.3) is 0 Å². The molecule has 72 valence electrons. The Kier molecular flexibility index (Phi) is 3.95. The molecular formula is C9H7BrN2O2. The Morgan fingerprint density at radius 1 is 1.64 bits per heavy atom. The Morgan fingerprint density at radius 2 is 2.43 bits per heavy atom. The van der Waals surface area contributed by atoms with Gasteiger partial charge in [0, 0.05) is 10.0 Å². The molecule has 1 aromatic rings. The highest BCUT2D eigenvalue weighted by atomic mass is 79.9. The van der Waals surface area contributed by atoms with E-state index in [4.69, 9.17) is 15.2 Å². The van der Waals surface area contributed by atoms with Gasteiger partial charge in [-0.3, -0.25) is 0 Å². The van der Waals surface area contributed by atoms with Crippen LogP contribution in [0.15, 0.2) is 27.8 Å². The second-order valence-electron chi connectivity index (χ2n) is 2.37. The van der Waals surface area contributed by atoms with Crippen LogP contribution in [-0.2, 0) is 0 Å². The molecule has 0 fully saturated rings. The second kappa shape index (κ2) is 5.25. The molecule has 0 aliphatic carbocycles. The summed E-state index contributed by atoms with van der Waals surface area (Å²) in [5, 5.41) is 19.6. The number of ether oxygens (including phenoxy) is 1. The third-order valence-corrected chi connectivity index (χ3v) is 1.95. The van der Waals surface area contributed by atoms with Crippen molar-refractivity contribution in [3.8, 4) is 11.8 Å². The normalized spacial score (nSPS) is 10.0. The van der Waals surface area contributed by atoms with Crippen molar-refractivity contribution in [2.75, 3.05) is 6.61 Å². The molecule has 14 heavy (non-hydrogen) atoms. The van der Waals surface area contributed by atoms with Gasteiger partial charge < -0.3 is 9.94 Å². The van der Waals surface area contributed by atoms with Crippen LogP contribution in [0.25, 0.3) is 0 Å². The fraction of sp³-hybridized carbons (Fsp3) is 0.111. The molecule has 1 rings (SSSR count). The lowest BCUT2D eigenvalue weighted by molar-refractivity contribution is 0.321. The summed E-state index contributed by atoms with van der Waals surface area (Å²) in [7, 11) is 0. The lowest BCUT2D eigenvalue weighted by Crippen LogP contribution is -1.97. The zero-order valence-corrected chi connectivity index (χ0v) is 8.73. The van der Waals surface area contributed by atoms with Gasteiger partial charge in [-0.15, -0.1) is 0 Å². The molecule has 0 atom stereocenters. The van der Waals surface area contributed by atoms with Gasteiger partial charge >= 0.3 is 0 Å². The summed E-state index contributed by atoms with van der Waals surface area (Å²) in [6, 6.07) is 7.06. The van der Waals surface area contributed by atoms with Crippen molar-refractivity contribution >= 4 is 22.1 Å². The molecule has 1 aromatic carbocycles. The van der Waals surface area contributed by atoms with E-state index in [0.29, 0.717) is 11.3 Å². The number of hydrogen-bond donors (Lipinski definition) is 1. The Hall–Kier alpha value is -1.54. The van der Waals surface area contributed by atoms with E-state index in [1.54, 1.807) is 18.2 Å². The van der Waals surface area contributed by atoms with Gasteiger partial charge in [0.05, 0.1) is 6.21 Å². The van der Waals surface area contributed by atoms with Crippen LogP contribution in [0, 0.1) is 11.3 Å². The maximum Gasteiger partial charge on any atom is 0.174 e. The first-order valence-electron chi connectivity index (χ1n) is 3.74. The minimum Gasteiger partial charge on any atom is -0.478 e. The molecule has 0 spiro atoms. The van der Waals surface area contributed by atoms with Crippen molar-refractivity contribution in [2.24, 2.45) is 5.16 Å². The fourth-order valence-electron chi connectivity index (χ4n) is 0.924. The summed E-state index contributed by atoms with van der Waals surface area (Å²) in [6.07, 6.45) is 1.25. The molecule has 0 aliphatic heterocycles. The molecule has 0 aromatic heterocycles. The highest BCUT2D eigenvalue weighted by Gasteiger charge is 2.02. The monoisotopic (exact) mass is 254 g/mol. The van der Waals surface area contributed by atoms with Gasteiger partial charge in [-0.2, -0.15) is 5.26 Å². The van der Waals surface area contributed by atoms with Crippen LogP contribution in [0.5, 0.6) is 5.75 Å². The molecule has 0 saturated heterocycles. The topological polar surface area (TPSA) is 65.6 Å². The average molecular weight is 255 g/mol. The number of nitrogens with zero attached hydrogens (tertiary/aromatic N) is 2. The van der Waals surface area contributed by atoms with Crippen molar-refractivity contribution in [2.45, 2.75) is 0 Å². The average Bonchev–Trinajstić information content (AvgIpc) is 2.17. The standard InChI is InChI=1S/C9H7BrN2O2/c10-8-1-2-9(14-4-3-11)7(5-8)6-12-13/h1-2,5-6,13H,4H2/b12-6+. The summed E-state index contributed by atoms with van der Waals surface area (Å²) >= 11 is 3.27. The fourth-order valence-corrected chi connectivity index (χ4v) is 1.30. The summed E-state index contributed by atoms with van der Waals surface area (Å²) in [5.41, 5.74) is 0.608. The van der Waals surface area contributed by atoms with Crippen molar-refractivity contribution in [3.63, 3.8) is 0 Å². The minimum absolute atomic E-state index is 0.0338. The molecule has 0 amide bonds. The van der Waals surface area contributed by atoms with Crippen molar-refractivity contribution in [1.82, 2.24) is 0 Å². The number of halogens is 1. The van der Waals surface area contributed by atoms with E-state index in [-0.39, 0.29) is 6.61 Å². The first-order valence-corrected chi connectivity index (χ1v) is 4.54. The highest BCUT2D eigenvalue weighted by molar-refractivity contribution is 9.10. The van der Waals surface area contributed by atoms with Gasteiger partial charge in [0.2, 0.25) is 0 Å². The van der Waals surface area contributed by atoms with Gasteiger partial charge in [-0.05, 0) is 18.2 Å². The zero-order chi connectivity index (χ0) is 10.4. The van der Waals surface area contributed by atoms with Gasteiger partial charge in [0.1, 0.15) is 11.8 Å². The van der Waals surface area contributed by atoms with Gasteiger partial charge in [-0.1, -0.05) is 21.1 Å². The predicted octanol–water partition coefficient (Wildman–Crippen LogP) is 2.16. The minimum atomic E-state index is -0.0338. The molecule has 5 heteroatoms. The molecule has 0 bridgehead atoms. The zero-order valence-electron chi connectivity index (χ0n) is 7.14. The van der Waals surface area contributed by atoms with E-state index < -0.39 is 0 Å². The molecule has 0 saturated carbocycles. The van der Waals surface area contributed by atoms with Crippen LogP contribution in [0.3, 0.4) is 0 Å². The van der Waals surface area contributed by atoms with E-state index in [9.17, 15) is 0 Å². The summed E-state index contributed by atoms with van der Waals surface area (Å²) in [6.45, 7) is -0.0338. The summed E-state index contributed by atoms with van der Waals surface area (Å²) in [5.74, 6) is 0.507. The van der Waals surface area contributed by atoms with Crippen molar-refractivity contribution in [3.05, 3.63) is 28.2 Å². The Balaban J connectivity index is 2.97. The van der Waals surface area contributed by atoms with E-state index in [0.717, 1.165) is 4.47 Å². The van der Waals surface area contributed by atoms with Crippen molar-refractivity contribution in [1.29, 1.82) is 5.26 Å². The molecular weight excluding hydrogens is 248 g/mol. The lowest BCUT2D eigenvalue weighted by Gasteiger charge is -2.05. The number of rotatable bonds is 3. The summed E-state index contributed by atoms with van der Waals surface area (Å²) < 4.78 is 5.95. The van der Waals surface area contributed by atoms with Crippen LogP contribution < -0.4 is 4.74 Å². The van der Waals surface area contributed by atoms with E-state index >= 15 is 0 Å². The second-order valence-corrected chi connectivity index (χ2v) is 3.29. The van der Waals surface area contributed by atoms with Crippen LogP contribution in [0.2, 0.25) is 0 Å². The molecule has 0 heterocycles. The smallest absolute Gasteiger partial charge is 0.174 e. The van der Waals surface area contributed by atoms with Crippen LogP contribution in [0.1, 0.15) is 5.56 Å². The first kappa shape index (κ1) is 10.5. The number of hydrogen-bond acceptors (Lipinski definition) is 4. The third kappa shape index (κ3) is 2.75. The predicted molar refractivity (Wildman–Crippen MR) is 54.6 cm³/mol. The maximum atomic E-state index is 8.39. The molecule has 1 N–H and O–H groups in total. The highest BCUT2D eigenvalue weighted by Crippen LogP contribution is 2.21. The quantitative estimate of drug-likeness (QED) is 0.511. The third-order valence-electron chi connectivity index (χ3n) is 1.46. The van der Waals surface area contributed by atoms with E-state index in [2.05, 4.69) is 21.1 Å². The first-order chi connectivity index (χ1) is 6.77. The molecule has 0 unspecified atom stereocenters. The Labute approximate surface area is 89.5 Å². The number of nitriles is 1. The van der Waals surface area contributed by atoms with Crippen LogP contribution in [-0.4, -0.2) is 18.0 Å². The molecule has 0 aliphatic rings. The largest absolute Gasteiger partial charge is 0.478 e. The number of oxime groups is 1. The molecule has 4 nitrogen and oxygen atoms in total. The van der Waals surface area contributed by atoms with Crippen LogP contribution >= 0.6 is 15.9 Å². The number of benzene rings is 1. The van der Waals surface area contributed by atoms with Crippen LogP contribution in [0.4, 0.5) is 0 Å². The summed E-state index contributed by atoms with van der Waals surface area (Å²) in [4.78, 5) is 0. The van der Waals surface area contributed by atoms with E-state index in [1.165, 1.54) is 6.21 Å². The van der Waals surface area contributed by atoms with Crippen molar-refractivity contribution < 1.29 is 9.94 Å². The maximum absolute atomic E-state index is 8.39.